The Morgan fingerprint density at radius 1 is 1.14 bits per heavy atom. The number of carboxylic acid groups (broad SMARTS) is 1. The second-order valence-electron chi connectivity index (χ2n) is 5.23. The monoisotopic (exact) mass is 201 g/mol. The van der Waals surface area contributed by atoms with Crippen LogP contribution in [0.3, 0.4) is 0 Å². The van der Waals surface area contributed by atoms with E-state index in [1.54, 1.807) is 0 Å². The quantitative estimate of drug-likeness (QED) is 0.704. The van der Waals surface area contributed by atoms with Gasteiger partial charge in [0.25, 0.3) is 0 Å². The molecule has 1 aliphatic rings. The molecule has 0 aliphatic heterocycles. The molecule has 0 unspecified atom stereocenters. The predicted octanol–water partition coefficient (Wildman–Crippen LogP) is 1.96. The molecule has 0 amide bonds. The third kappa shape index (κ3) is 3.29. The van der Waals surface area contributed by atoms with Crippen LogP contribution in [-0.2, 0) is 4.79 Å². The Hall–Kier alpha value is -0.570. The molecule has 0 spiro atoms. The molecule has 0 bridgehead atoms. The SMILES string of the molecule is CC(C)(C)C1CCC(C(=O)[O-])CC1.[NH4+]. The first kappa shape index (κ1) is 13.4. The molecule has 0 aromatic heterocycles. The van der Waals surface area contributed by atoms with Gasteiger partial charge in [-0.2, -0.15) is 0 Å². The zero-order valence-corrected chi connectivity index (χ0v) is 9.80. The van der Waals surface area contributed by atoms with Gasteiger partial charge in [-0.05, 0) is 42.9 Å². The highest BCUT2D eigenvalue weighted by Crippen LogP contribution is 2.39. The average molecular weight is 201 g/mol. The summed E-state index contributed by atoms with van der Waals surface area (Å²) < 4.78 is 0. The lowest BCUT2D eigenvalue weighted by Crippen LogP contribution is -2.36. The lowest BCUT2D eigenvalue weighted by atomic mass is 9.70. The summed E-state index contributed by atoms with van der Waals surface area (Å²) in [6, 6.07) is 0. The van der Waals surface area contributed by atoms with E-state index in [1.807, 2.05) is 0 Å². The molecule has 4 N–H and O–H groups in total. The van der Waals surface area contributed by atoms with Gasteiger partial charge in [-0.25, -0.2) is 0 Å². The van der Waals surface area contributed by atoms with Crippen LogP contribution in [0.5, 0.6) is 0 Å². The van der Waals surface area contributed by atoms with Crippen molar-refractivity contribution in [1.82, 2.24) is 6.15 Å². The van der Waals surface area contributed by atoms with Crippen molar-refractivity contribution in [1.29, 1.82) is 0 Å². The molecule has 14 heavy (non-hydrogen) atoms. The normalized spacial score (nSPS) is 27.9. The van der Waals surface area contributed by atoms with Gasteiger partial charge in [0.05, 0.1) is 0 Å². The van der Waals surface area contributed by atoms with Crippen LogP contribution >= 0.6 is 0 Å². The summed E-state index contributed by atoms with van der Waals surface area (Å²) in [6.45, 7) is 6.70. The number of carboxylic acids is 1. The Bertz CT molecular complexity index is 188. The number of hydrogen-bond donors (Lipinski definition) is 1. The zero-order chi connectivity index (χ0) is 10.1. The summed E-state index contributed by atoms with van der Waals surface area (Å²) in [5.41, 5.74) is 0.330. The van der Waals surface area contributed by atoms with Gasteiger partial charge >= 0.3 is 0 Å². The molecule has 0 heterocycles. The number of carbonyl (C=O) groups excluding carboxylic acids is 1. The number of aliphatic carboxylic acids is 1. The van der Waals surface area contributed by atoms with Gasteiger partial charge in [0, 0.05) is 5.97 Å². The van der Waals surface area contributed by atoms with Crippen molar-refractivity contribution < 1.29 is 9.90 Å². The molecule has 1 rings (SSSR count). The molecule has 3 nitrogen and oxygen atoms in total. The van der Waals surface area contributed by atoms with E-state index in [2.05, 4.69) is 20.8 Å². The molecule has 0 atom stereocenters. The van der Waals surface area contributed by atoms with E-state index in [-0.39, 0.29) is 12.1 Å². The van der Waals surface area contributed by atoms with Crippen molar-refractivity contribution in [2.75, 3.05) is 0 Å². The molecule has 0 aromatic rings. The van der Waals surface area contributed by atoms with Crippen LogP contribution in [0.15, 0.2) is 0 Å². The van der Waals surface area contributed by atoms with Crippen molar-refractivity contribution in [3.63, 3.8) is 0 Å². The number of carbonyl (C=O) groups is 1. The van der Waals surface area contributed by atoms with Crippen molar-refractivity contribution in [3.05, 3.63) is 0 Å². The summed E-state index contributed by atoms with van der Waals surface area (Å²) in [7, 11) is 0. The zero-order valence-electron chi connectivity index (χ0n) is 9.80. The second-order valence-corrected chi connectivity index (χ2v) is 5.23. The maximum atomic E-state index is 10.6. The molecule has 3 heteroatoms. The van der Waals surface area contributed by atoms with Crippen LogP contribution in [0.2, 0.25) is 0 Å². The van der Waals surface area contributed by atoms with E-state index >= 15 is 0 Å². The second kappa shape index (κ2) is 4.78. The molecular weight excluding hydrogens is 178 g/mol. The highest BCUT2D eigenvalue weighted by atomic mass is 16.4. The van der Waals surface area contributed by atoms with Crippen LogP contribution in [0.4, 0.5) is 0 Å². The van der Waals surface area contributed by atoms with Crippen LogP contribution in [0.25, 0.3) is 0 Å². The smallest absolute Gasteiger partial charge is 0.0445 e. The Morgan fingerprint density at radius 3 is 1.86 bits per heavy atom. The van der Waals surface area contributed by atoms with E-state index in [0.29, 0.717) is 11.3 Å². The van der Waals surface area contributed by atoms with E-state index in [9.17, 15) is 9.90 Å². The molecule has 0 saturated heterocycles. The number of quaternary nitrogens is 1. The maximum Gasteiger partial charge on any atom is 0.0445 e. The highest BCUT2D eigenvalue weighted by molar-refractivity contribution is 5.67. The molecule has 1 saturated carbocycles. The Labute approximate surface area is 86.5 Å². The topological polar surface area (TPSA) is 76.6 Å². The molecule has 1 fully saturated rings. The van der Waals surface area contributed by atoms with Crippen molar-refractivity contribution in [3.8, 4) is 0 Å². The highest BCUT2D eigenvalue weighted by Gasteiger charge is 2.29. The average Bonchev–Trinajstić information content (AvgIpc) is 2.03. The molecular formula is C11H23NO2. The van der Waals surface area contributed by atoms with Crippen LogP contribution in [0.1, 0.15) is 46.5 Å². The minimum Gasteiger partial charge on any atom is -0.550 e. The first-order valence-electron chi connectivity index (χ1n) is 5.12. The van der Waals surface area contributed by atoms with Crippen LogP contribution < -0.4 is 11.3 Å². The summed E-state index contributed by atoms with van der Waals surface area (Å²) >= 11 is 0. The lowest BCUT2D eigenvalue weighted by Gasteiger charge is -2.37. The fraction of sp³-hybridized carbons (Fsp3) is 0.909. The molecule has 84 valence electrons. The fourth-order valence-electron chi connectivity index (χ4n) is 2.20. The van der Waals surface area contributed by atoms with Crippen LogP contribution in [-0.4, -0.2) is 5.97 Å². The molecule has 0 aromatic carbocycles. The Balaban J connectivity index is 0.00000169. The third-order valence-corrected chi connectivity index (χ3v) is 3.29. The van der Waals surface area contributed by atoms with Crippen molar-refractivity contribution in [2.24, 2.45) is 17.3 Å². The predicted molar refractivity (Wildman–Crippen MR) is 55.9 cm³/mol. The largest absolute Gasteiger partial charge is 0.550 e. The fourth-order valence-corrected chi connectivity index (χ4v) is 2.20. The van der Waals surface area contributed by atoms with Gasteiger partial charge < -0.3 is 16.1 Å². The van der Waals surface area contributed by atoms with Crippen molar-refractivity contribution >= 4 is 5.97 Å². The summed E-state index contributed by atoms with van der Waals surface area (Å²) in [4.78, 5) is 10.6. The Kier molecular flexibility index (Phi) is 4.59. The number of hydrogen-bond acceptors (Lipinski definition) is 2. The van der Waals surface area contributed by atoms with Gasteiger partial charge in [0.2, 0.25) is 0 Å². The lowest BCUT2D eigenvalue weighted by molar-refractivity contribution is -0.312. The van der Waals surface area contributed by atoms with E-state index in [4.69, 9.17) is 0 Å². The standard InChI is InChI=1S/C11H20O2.H3N/c1-11(2,3)9-6-4-8(5-7-9)10(12)13;/h8-9H,4-7H2,1-3H3,(H,12,13);1H3. The summed E-state index contributed by atoms with van der Waals surface area (Å²) in [5, 5.41) is 10.6. The van der Waals surface area contributed by atoms with E-state index in [0.717, 1.165) is 25.7 Å². The number of rotatable bonds is 1. The van der Waals surface area contributed by atoms with E-state index in [1.165, 1.54) is 0 Å². The first-order valence-corrected chi connectivity index (χ1v) is 5.12. The van der Waals surface area contributed by atoms with Crippen molar-refractivity contribution in [2.45, 2.75) is 46.5 Å². The van der Waals surface area contributed by atoms with Gasteiger partial charge in [0.15, 0.2) is 0 Å². The molecule has 0 radical (unpaired) electrons. The van der Waals surface area contributed by atoms with Crippen LogP contribution in [0, 0.1) is 17.3 Å². The third-order valence-electron chi connectivity index (χ3n) is 3.29. The Morgan fingerprint density at radius 2 is 1.57 bits per heavy atom. The van der Waals surface area contributed by atoms with Gasteiger partial charge in [-0.1, -0.05) is 20.8 Å². The van der Waals surface area contributed by atoms with Gasteiger partial charge in [-0.15, -0.1) is 0 Å². The maximum absolute atomic E-state index is 10.6. The summed E-state index contributed by atoms with van der Waals surface area (Å²) in [6.07, 6.45) is 3.71. The van der Waals surface area contributed by atoms with Gasteiger partial charge in [-0.3, -0.25) is 0 Å². The first-order chi connectivity index (χ1) is 5.91. The molecule has 1 aliphatic carbocycles. The minimum atomic E-state index is -0.854. The minimum absolute atomic E-state index is 0. The van der Waals surface area contributed by atoms with E-state index < -0.39 is 5.97 Å². The summed E-state index contributed by atoms with van der Waals surface area (Å²) in [5.74, 6) is -0.353. The van der Waals surface area contributed by atoms with Gasteiger partial charge in [0.1, 0.15) is 0 Å².